The van der Waals surface area contributed by atoms with E-state index in [9.17, 15) is 5.11 Å². The number of hydrogen-bond donors (Lipinski definition) is 1. The Morgan fingerprint density at radius 3 is 3.00 bits per heavy atom. The van der Waals surface area contributed by atoms with Crippen LogP contribution in [0, 0.1) is 11.3 Å². The number of hydrogen-bond acceptors (Lipinski definition) is 4. The smallest absolute Gasteiger partial charge is 0.137 e. The molecule has 0 radical (unpaired) electrons. The lowest BCUT2D eigenvalue weighted by molar-refractivity contribution is 0.0293. The van der Waals surface area contributed by atoms with E-state index in [1.165, 1.54) is 12.8 Å². The van der Waals surface area contributed by atoms with Crippen molar-refractivity contribution in [3.63, 3.8) is 0 Å². The third kappa shape index (κ3) is 3.72. The Morgan fingerprint density at radius 2 is 2.25 bits per heavy atom. The SMILES string of the molecule is C[C@H](O)[C@H]1CCCCN1CCOc1ccccc1C#N. The molecule has 0 spiro atoms. The molecule has 2 rings (SSSR count). The van der Waals surface area contributed by atoms with Crippen molar-refractivity contribution >= 4 is 0 Å². The predicted molar refractivity (Wildman–Crippen MR) is 77.5 cm³/mol. The summed E-state index contributed by atoms with van der Waals surface area (Å²) < 4.78 is 5.71. The highest BCUT2D eigenvalue weighted by molar-refractivity contribution is 5.42. The maximum absolute atomic E-state index is 9.82. The molecule has 0 aromatic heterocycles. The van der Waals surface area contributed by atoms with Crippen LogP contribution in [0.2, 0.25) is 0 Å². The van der Waals surface area contributed by atoms with E-state index in [4.69, 9.17) is 10.00 Å². The number of aliphatic hydroxyl groups excluding tert-OH is 1. The molecule has 0 bridgehead atoms. The fraction of sp³-hybridized carbons (Fsp3) is 0.562. The lowest BCUT2D eigenvalue weighted by atomic mass is 9.98. The molecule has 108 valence electrons. The maximum Gasteiger partial charge on any atom is 0.137 e. The zero-order valence-electron chi connectivity index (χ0n) is 12.0. The Morgan fingerprint density at radius 1 is 1.45 bits per heavy atom. The van der Waals surface area contributed by atoms with Crippen molar-refractivity contribution in [3.8, 4) is 11.8 Å². The van der Waals surface area contributed by atoms with Crippen molar-refractivity contribution < 1.29 is 9.84 Å². The van der Waals surface area contributed by atoms with Crippen LogP contribution in [0.25, 0.3) is 0 Å². The first kappa shape index (κ1) is 14.8. The first-order valence-electron chi connectivity index (χ1n) is 7.26. The molecule has 1 aromatic carbocycles. The summed E-state index contributed by atoms with van der Waals surface area (Å²) in [6.45, 7) is 4.20. The Bertz CT molecular complexity index is 468. The molecule has 20 heavy (non-hydrogen) atoms. The molecule has 0 saturated carbocycles. The lowest BCUT2D eigenvalue weighted by Gasteiger charge is -2.37. The van der Waals surface area contributed by atoms with Gasteiger partial charge in [0.1, 0.15) is 18.4 Å². The van der Waals surface area contributed by atoms with Crippen LogP contribution in [0.4, 0.5) is 0 Å². The number of nitriles is 1. The van der Waals surface area contributed by atoms with E-state index in [1.807, 2.05) is 25.1 Å². The van der Waals surface area contributed by atoms with Crippen LogP contribution in [0.1, 0.15) is 31.7 Å². The zero-order chi connectivity index (χ0) is 14.4. The molecular weight excluding hydrogens is 252 g/mol. The summed E-state index contributed by atoms with van der Waals surface area (Å²) in [4.78, 5) is 2.29. The van der Waals surface area contributed by atoms with Crippen molar-refractivity contribution in [1.82, 2.24) is 4.90 Å². The van der Waals surface area contributed by atoms with Gasteiger partial charge in [-0.1, -0.05) is 18.6 Å². The van der Waals surface area contributed by atoms with Crippen molar-refractivity contribution in [2.45, 2.75) is 38.3 Å². The molecule has 0 unspecified atom stereocenters. The average molecular weight is 274 g/mol. The van der Waals surface area contributed by atoms with Crippen molar-refractivity contribution in [1.29, 1.82) is 5.26 Å². The van der Waals surface area contributed by atoms with Crippen LogP contribution in [0.15, 0.2) is 24.3 Å². The van der Waals surface area contributed by atoms with E-state index in [0.717, 1.165) is 19.5 Å². The van der Waals surface area contributed by atoms with Crippen LogP contribution < -0.4 is 4.74 Å². The van der Waals surface area contributed by atoms with E-state index >= 15 is 0 Å². The summed E-state index contributed by atoms with van der Waals surface area (Å²) in [5.74, 6) is 0.639. The molecule has 1 aromatic rings. The largest absolute Gasteiger partial charge is 0.491 e. The van der Waals surface area contributed by atoms with E-state index in [2.05, 4.69) is 11.0 Å². The van der Waals surface area contributed by atoms with Crippen LogP contribution >= 0.6 is 0 Å². The Labute approximate surface area is 120 Å². The number of likely N-dealkylation sites (tertiary alicyclic amines) is 1. The number of ether oxygens (including phenoxy) is 1. The average Bonchev–Trinajstić information content (AvgIpc) is 2.48. The molecule has 1 fully saturated rings. The lowest BCUT2D eigenvalue weighted by Crippen LogP contribution is -2.47. The van der Waals surface area contributed by atoms with E-state index in [1.54, 1.807) is 6.07 Å². The molecule has 2 atom stereocenters. The van der Waals surface area contributed by atoms with Gasteiger partial charge in [0, 0.05) is 12.6 Å². The van der Waals surface area contributed by atoms with Gasteiger partial charge < -0.3 is 9.84 Å². The van der Waals surface area contributed by atoms with Gasteiger partial charge in [-0.3, -0.25) is 4.90 Å². The third-order valence-electron chi connectivity index (χ3n) is 3.86. The number of nitrogens with zero attached hydrogens (tertiary/aromatic N) is 2. The number of aliphatic hydroxyl groups is 1. The third-order valence-corrected chi connectivity index (χ3v) is 3.86. The van der Waals surface area contributed by atoms with Gasteiger partial charge in [0.25, 0.3) is 0 Å². The summed E-state index contributed by atoms with van der Waals surface area (Å²) in [6.07, 6.45) is 3.11. The summed E-state index contributed by atoms with van der Waals surface area (Å²) in [5, 5.41) is 18.8. The maximum atomic E-state index is 9.82. The van der Waals surface area contributed by atoms with Gasteiger partial charge in [0.05, 0.1) is 11.7 Å². The molecule has 4 nitrogen and oxygen atoms in total. The van der Waals surface area contributed by atoms with Crippen molar-refractivity contribution in [2.75, 3.05) is 19.7 Å². The fourth-order valence-electron chi connectivity index (χ4n) is 2.80. The van der Waals surface area contributed by atoms with Crippen LogP contribution in [-0.4, -0.2) is 41.8 Å². The molecule has 4 heteroatoms. The number of rotatable bonds is 5. The second kappa shape index (κ2) is 7.28. The molecule has 1 aliphatic heterocycles. The van der Waals surface area contributed by atoms with Gasteiger partial charge in [-0.05, 0) is 38.4 Å². The van der Waals surface area contributed by atoms with Crippen LogP contribution in [0.3, 0.4) is 0 Å². The summed E-state index contributed by atoms with van der Waals surface area (Å²) in [7, 11) is 0. The molecule has 1 saturated heterocycles. The monoisotopic (exact) mass is 274 g/mol. The van der Waals surface area contributed by atoms with Crippen molar-refractivity contribution in [3.05, 3.63) is 29.8 Å². The first-order chi connectivity index (χ1) is 9.72. The van der Waals surface area contributed by atoms with Gasteiger partial charge >= 0.3 is 0 Å². The molecule has 1 N–H and O–H groups in total. The number of para-hydroxylation sites is 1. The highest BCUT2D eigenvalue weighted by atomic mass is 16.5. The van der Waals surface area contributed by atoms with Gasteiger partial charge in [-0.2, -0.15) is 5.26 Å². The Balaban J connectivity index is 1.87. The van der Waals surface area contributed by atoms with Crippen LogP contribution in [-0.2, 0) is 0 Å². The topological polar surface area (TPSA) is 56.5 Å². The Kier molecular flexibility index (Phi) is 5.40. The molecular formula is C16H22N2O2. The summed E-state index contributed by atoms with van der Waals surface area (Å²) in [6, 6.07) is 9.65. The quantitative estimate of drug-likeness (QED) is 0.894. The van der Waals surface area contributed by atoms with Crippen LogP contribution in [0.5, 0.6) is 5.75 Å². The standard InChI is InChI=1S/C16H22N2O2/c1-13(19)15-7-4-5-9-18(15)10-11-20-16-8-3-2-6-14(16)12-17/h2-3,6,8,13,15,19H,4-5,7,9-11H2,1H3/t13-,15+/m0/s1. The predicted octanol–water partition coefficient (Wildman–Crippen LogP) is 2.17. The van der Waals surface area contributed by atoms with Gasteiger partial charge in [-0.25, -0.2) is 0 Å². The van der Waals surface area contributed by atoms with E-state index in [-0.39, 0.29) is 12.1 Å². The number of benzene rings is 1. The molecule has 1 aliphatic rings. The first-order valence-corrected chi connectivity index (χ1v) is 7.26. The summed E-state index contributed by atoms with van der Waals surface area (Å²) >= 11 is 0. The minimum Gasteiger partial charge on any atom is -0.491 e. The van der Waals surface area contributed by atoms with Gasteiger partial charge in [0.15, 0.2) is 0 Å². The zero-order valence-corrected chi connectivity index (χ0v) is 12.0. The minimum absolute atomic E-state index is 0.235. The highest BCUT2D eigenvalue weighted by Crippen LogP contribution is 2.20. The number of piperidine rings is 1. The van der Waals surface area contributed by atoms with Gasteiger partial charge in [-0.15, -0.1) is 0 Å². The van der Waals surface area contributed by atoms with E-state index < -0.39 is 0 Å². The molecule has 0 aliphatic carbocycles. The van der Waals surface area contributed by atoms with E-state index in [0.29, 0.717) is 17.9 Å². The van der Waals surface area contributed by atoms with Gasteiger partial charge in [0.2, 0.25) is 0 Å². The molecule has 1 heterocycles. The van der Waals surface area contributed by atoms with Crippen molar-refractivity contribution in [2.24, 2.45) is 0 Å². The molecule has 0 amide bonds. The normalized spacial score (nSPS) is 21.1. The highest BCUT2D eigenvalue weighted by Gasteiger charge is 2.25. The minimum atomic E-state index is -0.304. The Hall–Kier alpha value is -1.57. The summed E-state index contributed by atoms with van der Waals surface area (Å²) in [5.41, 5.74) is 0.568. The fourth-order valence-corrected chi connectivity index (χ4v) is 2.80. The second-order valence-electron chi connectivity index (χ2n) is 5.30. The second-order valence-corrected chi connectivity index (χ2v) is 5.30.